The molecule has 0 saturated carbocycles. The summed E-state index contributed by atoms with van der Waals surface area (Å²) in [6.07, 6.45) is 3.97. The number of rotatable bonds is 10. The third kappa shape index (κ3) is 6.69. The lowest BCUT2D eigenvalue weighted by Gasteiger charge is -2.38. The maximum atomic E-state index is 13.5. The number of carbonyl (C=O) groups is 2. The lowest BCUT2D eigenvalue weighted by molar-refractivity contribution is -0.139. The van der Waals surface area contributed by atoms with E-state index < -0.39 is 0 Å². The summed E-state index contributed by atoms with van der Waals surface area (Å²) in [5, 5.41) is 3.28. The second-order valence-electron chi connectivity index (χ2n) is 10.9. The predicted octanol–water partition coefficient (Wildman–Crippen LogP) is 5.00. The maximum Gasteiger partial charge on any atom is 0.229 e. The van der Waals surface area contributed by atoms with Gasteiger partial charge >= 0.3 is 0 Å². The van der Waals surface area contributed by atoms with Crippen molar-refractivity contribution in [2.75, 3.05) is 33.3 Å². The van der Waals surface area contributed by atoms with Gasteiger partial charge in [0.05, 0.1) is 25.0 Å². The minimum Gasteiger partial charge on any atom is -0.497 e. The number of benzene rings is 3. The van der Waals surface area contributed by atoms with Gasteiger partial charge in [0.1, 0.15) is 5.75 Å². The maximum absolute atomic E-state index is 13.5. The molecular formula is C33H39N3O3. The van der Waals surface area contributed by atoms with Crippen LogP contribution in [0, 0.1) is 5.41 Å². The first-order chi connectivity index (χ1) is 19.0. The van der Waals surface area contributed by atoms with E-state index in [1.807, 2.05) is 77.7 Å². The molecule has 3 aromatic carbocycles. The van der Waals surface area contributed by atoms with Gasteiger partial charge in [-0.2, -0.15) is 0 Å². The molecule has 0 aromatic heterocycles. The quantitative estimate of drug-likeness (QED) is 0.405. The number of hydrogen-bond donors (Lipinski definition) is 1. The van der Waals surface area contributed by atoms with E-state index in [2.05, 4.69) is 22.3 Å². The molecule has 204 valence electrons. The van der Waals surface area contributed by atoms with Crippen LogP contribution in [0.4, 0.5) is 0 Å². The standard InChI is InChI=1S/C33H39N3O3/c1-39-29-14-12-27(13-15-29)25-36-23-19-33(32(36)38)17-21-35(22-18-33)20-16-30(28-10-6-3-7-11-28)34-31(37)24-26-8-4-2-5-9-26/h2-15,30H,16-25H2,1H3,(H,34,37). The zero-order valence-electron chi connectivity index (χ0n) is 22.9. The zero-order chi connectivity index (χ0) is 27.1. The number of ether oxygens (including phenoxy) is 1. The Labute approximate surface area is 232 Å². The van der Waals surface area contributed by atoms with Crippen molar-refractivity contribution in [3.63, 3.8) is 0 Å². The minimum absolute atomic E-state index is 0.0357. The molecule has 0 aliphatic carbocycles. The Kier molecular flexibility index (Phi) is 8.62. The van der Waals surface area contributed by atoms with E-state index in [-0.39, 0.29) is 17.4 Å². The number of amides is 2. The number of carbonyl (C=O) groups excluding carboxylic acids is 2. The molecule has 3 aromatic rings. The Morgan fingerprint density at radius 1 is 0.872 bits per heavy atom. The van der Waals surface area contributed by atoms with E-state index in [0.29, 0.717) is 18.9 Å². The first kappa shape index (κ1) is 26.9. The van der Waals surface area contributed by atoms with E-state index >= 15 is 0 Å². The van der Waals surface area contributed by atoms with Crippen LogP contribution in [0.15, 0.2) is 84.9 Å². The summed E-state index contributed by atoms with van der Waals surface area (Å²) in [7, 11) is 1.67. The highest BCUT2D eigenvalue weighted by Crippen LogP contribution is 2.42. The molecule has 2 amide bonds. The van der Waals surface area contributed by atoms with E-state index in [0.717, 1.165) is 74.3 Å². The molecule has 2 fully saturated rings. The summed E-state index contributed by atoms with van der Waals surface area (Å²) >= 11 is 0. The molecule has 1 atom stereocenters. The summed E-state index contributed by atoms with van der Waals surface area (Å²) in [6, 6.07) is 28.1. The number of hydrogen-bond acceptors (Lipinski definition) is 4. The van der Waals surface area contributed by atoms with Gasteiger partial charge < -0.3 is 19.9 Å². The zero-order valence-corrected chi connectivity index (χ0v) is 22.9. The number of piperidine rings is 1. The minimum atomic E-state index is -0.217. The van der Waals surface area contributed by atoms with Gasteiger partial charge in [-0.25, -0.2) is 0 Å². The molecule has 2 aliphatic rings. The van der Waals surface area contributed by atoms with E-state index in [4.69, 9.17) is 4.74 Å². The van der Waals surface area contributed by atoms with Gasteiger partial charge in [-0.1, -0.05) is 72.8 Å². The fourth-order valence-corrected chi connectivity index (χ4v) is 6.01. The van der Waals surface area contributed by atoms with Crippen LogP contribution in [0.5, 0.6) is 5.75 Å². The fraction of sp³-hybridized carbons (Fsp3) is 0.394. The van der Waals surface area contributed by atoms with Crippen LogP contribution in [-0.4, -0.2) is 54.9 Å². The Morgan fingerprint density at radius 2 is 1.51 bits per heavy atom. The van der Waals surface area contributed by atoms with Gasteiger partial charge in [0.25, 0.3) is 0 Å². The molecular weight excluding hydrogens is 486 g/mol. The smallest absolute Gasteiger partial charge is 0.229 e. The monoisotopic (exact) mass is 525 g/mol. The Morgan fingerprint density at radius 3 is 2.18 bits per heavy atom. The van der Waals surface area contributed by atoms with Crippen molar-refractivity contribution >= 4 is 11.8 Å². The summed E-state index contributed by atoms with van der Waals surface area (Å²) in [6.45, 7) is 4.22. The normalized spacial score (nSPS) is 17.8. The van der Waals surface area contributed by atoms with Crippen LogP contribution in [0.1, 0.15) is 48.4 Å². The van der Waals surface area contributed by atoms with Gasteiger partial charge in [-0.05, 0) is 67.6 Å². The Bertz CT molecular complexity index is 1220. The van der Waals surface area contributed by atoms with E-state index in [9.17, 15) is 9.59 Å². The number of likely N-dealkylation sites (tertiary alicyclic amines) is 2. The van der Waals surface area contributed by atoms with Crippen LogP contribution in [0.2, 0.25) is 0 Å². The van der Waals surface area contributed by atoms with Crippen molar-refractivity contribution in [2.24, 2.45) is 5.41 Å². The fourth-order valence-electron chi connectivity index (χ4n) is 6.01. The van der Waals surface area contributed by atoms with Crippen molar-refractivity contribution in [2.45, 2.75) is 44.7 Å². The van der Waals surface area contributed by atoms with Gasteiger partial charge in [-0.15, -0.1) is 0 Å². The SMILES string of the molecule is COc1ccc(CN2CCC3(CCN(CCC(NC(=O)Cc4ccccc4)c4ccccc4)CC3)C2=O)cc1. The molecule has 1 spiro atoms. The summed E-state index contributed by atoms with van der Waals surface area (Å²) in [5.41, 5.74) is 3.07. The highest BCUT2D eigenvalue weighted by atomic mass is 16.5. The number of methoxy groups -OCH3 is 1. The van der Waals surface area contributed by atoms with Crippen molar-refractivity contribution in [3.05, 3.63) is 102 Å². The second-order valence-corrected chi connectivity index (χ2v) is 10.9. The third-order valence-electron chi connectivity index (χ3n) is 8.43. The van der Waals surface area contributed by atoms with Crippen LogP contribution in [-0.2, 0) is 22.6 Å². The van der Waals surface area contributed by atoms with Crippen molar-refractivity contribution < 1.29 is 14.3 Å². The van der Waals surface area contributed by atoms with Gasteiger partial charge in [0, 0.05) is 19.6 Å². The third-order valence-corrected chi connectivity index (χ3v) is 8.43. The lowest BCUT2D eigenvalue weighted by Crippen LogP contribution is -2.45. The summed E-state index contributed by atoms with van der Waals surface area (Å²) in [4.78, 5) is 30.8. The summed E-state index contributed by atoms with van der Waals surface area (Å²) < 4.78 is 5.26. The second kappa shape index (κ2) is 12.5. The topological polar surface area (TPSA) is 61.9 Å². The Hall–Kier alpha value is -3.64. The molecule has 1 N–H and O–H groups in total. The summed E-state index contributed by atoms with van der Waals surface area (Å²) in [5.74, 6) is 1.19. The molecule has 2 aliphatic heterocycles. The molecule has 0 bridgehead atoms. The highest BCUT2D eigenvalue weighted by Gasteiger charge is 2.47. The van der Waals surface area contributed by atoms with Crippen molar-refractivity contribution in [1.82, 2.24) is 15.1 Å². The van der Waals surface area contributed by atoms with Crippen LogP contribution < -0.4 is 10.1 Å². The molecule has 5 rings (SSSR count). The lowest BCUT2D eigenvalue weighted by atomic mass is 9.77. The molecule has 2 heterocycles. The first-order valence-electron chi connectivity index (χ1n) is 14.1. The van der Waals surface area contributed by atoms with Crippen molar-refractivity contribution in [1.29, 1.82) is 0 Å². The van der Waals surface area contributed by atoms with Crippen LogP contribution in [0.3, 0.4) is 0 Å². The molecule has 6 nitrogen and oxygen atoms in total. The van der Waals surface area contributed by atoms with Gasteiger partial charge in [0.15, 0.2) is 0 Å². The first-order valence-corrected chi connectivity index (χ1v) is 14.1. The average molecular weight is 526 g/mol. The number of nitrogens with zero attached hydrogens (tertiary/aromatic N) is 2. The van der Waals surface area contributed by atoms with Crippen LogP contribution >= 0.6 is 0 Å². The number of nitrogens with one attached hydrogen (secondary N) is 1. The molecule has 2 saturated heterocycles. The molecule has 39 heavy (non-hydrogen) atoms. The van der Waals surface area contributed by atoms with Gasteiger partial charge in [-0.3, -0.25) is 9.59 Å². The van der Waals surface area contributed by atoms with E-state index in [1.165, 1.54) is 0 Å². The molecule has 6 heteroatoms. The van der Waals surface area contributed by atoms with Crippen LogP contribution in [0.25, 0.3) is 0 Å². The molecule has 0 radical (unpaired) electrons. The Balaban J connectivity index is 1.14. The average Bonchev–Trinajstić information content (AvgIpc) is 3.27. The van der Waals surface area contributed by atoms with Crippen molar-refractivity contribution in [3.8, 4) is 5.75 Å². The van der Waals surface area contributed by atoms with E-state index in [1.54, 1.807) is 7.11 Å². The molecule has 1 unspecified atom stereocenters. The predicted molar refractivity (Wildman–Crippen MR) is 153 cm³/mol. The highest BCUT2D eigenvalue weighted by molar-refractivity contribution is 5.85. The largest absolute Gasteiger partial charge is 0.497 e. The van der Waals surface area contributed by atoms with Gasteiger partial charge in [0.2, 0.25) is 11.8 Å².